The first-order valence-electron chi connectivity index (χ1n) is 1.44. The van der Waals surface area contributed by atoms with Crippen molar-refractivity contribution in [2.45, 2.75) is 0 Å². The summed E-state index contributed by atoms with van der Waals surface area (Å²) in [5, 5.41) is 5.86. The molecule has 3 nitrogen and oxygen atoms in total. The van der Waals surface area contributed by atoms with Crippen molar-refractivity contribution in [2.75, 3.05) is 14.2 Å². The lowest BCUT2D eigenvalue weighted by atomic mass is 11.4. The summed E-state index contributed by atoms with van der Waals surface area (Å²) < 4.78 is 4.25. The summed E-state index contributed by atoms with van der Waals surface area (Å²) in [6, 6.07) is 0. The Morgan fingerprint density at radius 1 is 1.67 bits per heavy atom. The number of nitrogens with two attached hydrogens (primary N) is 1. The first-order valence-corrected chi connectivity index (χ1v) is 1.44. The van der Waals surface area contributed by atoms with E-state index in [1.165, 1.54) is 0 Å². The molecule has 6 heavy (non-hydrogen) atoms. The second kappa shape index (κ2) is 25.5. The summed E-state index contributed by atoms with van der Waals surface area (Å²) >= 11 is 0. The van der Waals surface area contributed by atoms with Gasteiger partial charge in [0, 0.05) is 14.2 Å². The van der Waals surface area contributed by atoms with Crippen molar-refractivity contribution in [2.24, 2.45) is 5.73 Å². The largest absolute Gasteiger partial charge is 0.390 e. The van der Waals surface area contributed by atoms with Gasteiger partial charge >= 0.3 is 0 Å². The fourth-order valence-corrected chi connectivity index (χ4v) is 0. The molecular formula is C3H10N2O. The summed E-state index contributed by atoms with van der Waals surface area (Å²) in [7, 11) is 3.25. The van der Waals surface area contributed by atoms with Crippen LogP contribution in [0.15, 0.2) is 0 Å². The molecule has 0 aromatic heterocycles. The second-order valence-electron chi connectivity index (χ2n) is 0.575. The van der Waals surface area contributed by atoms with Crippen molar-refractivity contribution in [3.8, 4) is 0 Å². The minimum Gasteiger partial charge on any atom is -0.390 e. The van der Waals surface area contributed by atoms with Crippen LogP contribution in [0.2, 0.25) is 0 Å². The third-order valence-electron chi connectivity index (χ3n) is 0. The van der Waals surface area contributed by atoms with E-state index >= 15 is 0 Å². The van der Waals surface area contributed by atoms with E-state index in [0.29, 0.717) is 0 Å². The number of hydrogen-bond acceptors (Lipinski definition) is 2. The second-order valence-corrected chi connectivity index (χ2v) is 0.575. The minimum absolute atomic E-state index is 0.750. The Bertz CT molecular complexity index is 22.8. The van der Waals surface area contributed by atoms with Gasteiger partial charge in [-0.15, -0.1) is 0 Å². The van der Waals surface area contributed by atoms with E-state index in [1.807, 2.05) is 0 Å². The number of rotatable bonds is 0. The van der Waals surface area contributed by atoms with Crippen molar-refractivity contribution in [3.05, 3.63) is 0 Å². The summed E-state index contributed by atoms with van der Waals surface area (Å²) in [4.78, 5) is 0. The highest BCUT2D eigenvalue weighted by molar-refractivity contribution is 5.46. The summed E-state index contributed by atoms with van der Waals surface area (Å²) in [6.45, 7) is 0. The highest BCUT2D eigenvalue weighted by atomic mass is 16.4. The maximum Gasteiger partial charge on any atom is 0.0765 e. The van der Waals surface area contributed by atoms with Crippen molar-refractivity contribution in [3.63, 3.8) is 0 Å². The van der Waals surface area contributed by atoms with E-state index < -0.39 is 0 Å². The van der Waals surface area contributed by atoms with E-state index in [-0.39, 0.29) is 0 Å². The van der Waals surface area contributed by atoms with Gasteiger partial charge in [0.05, 0.1) is 6.34 Å². The molecule has 0 saturated carbocycles. The summed E-state index contributed by atoms with van der Waals surface area (Å²) in [5.41, 5.74) is 4.39. The van der Waals surface area contributed by atoms with Crippen LogP contribution in [0, 0.1) is 5.41 Å². The smallest absolute Gasteiger partial charge is 0.0765 e. The fraction of sp³-hybridized carbons (Fsp3) is 0.667. The lowest BCUT2D eigenvalue weighted by molar-refractivity contribution is 0.277. The molecular weight excluding hydrogens is 80.0 g/mol. The van der Waals surface area contributed by atoms with Gasteiger partial charge < -0.3 is 10.5 Å². The lowest BCUT2D eigenvalue weighted by Gasteiger charge is -1.61. The number of ether oxygens (including phenoxy) is 1. The van der Waals surface area contributed by atoms with Gasteiger partial charge in [0.2, 0.25) is 0 Å². The average Bonchev–Trinajstić information content (AvgIpc) is 1.39. The van der Waals surface area contributed by atoms with Gasteiger partial charge in [-0.2, -0.15) is 0 Å². The molecule has 0 aliphatic heterocycles. The van der Waals surface area contributed by atoms with Gasteiger partial charge in [0.15, 0.2) is 0 Å². The SMILES string of the molecule is COC.N=CN. The molecule has 0 unspecified atom stereocenters. The quantitative estimate of drug-likeness (QED) is 0.320. The van der Waals surface area contributed by atoms with E-state index in [9.17, 15) is 0 Å². The molecule has 0 heterocycles. The van der Waals surface area contributed by atoms with Crippen LogP contribution in [-0.2, 0) is 4.74 Å². The molecule has 0 radical (unpaired) electrons. The van der Waals surface area contributed by atoms with E-state index in [4.69, 9.17) is 5.41 Å². The number of methoxy groups -OCH3 is 1. The molecule has 0 aromatic rings. The van der Waals surface area contributed by atoms with E-state index in [0.717, 1.165) is 6.34 Å². The van der Waals surface area contributed by atoms with Crippen molar-refractivity contribution >= 4 is 6.34 Å². The Kier molecular flexibility index (Phi) is 38.5. The maximum absolute atomic E-state index is 5.86. The molecule has 0 bridgehead atoms. The van der Waals surface area contributed by atoms with E-state index in [1.54, 1.807) is 14.2 Å². The van der Waals surface area contributed by atoms with Crippen LogP contribution in [-0.4, -0.2) is 20.6 Å². The van der Waals surface area contributed by atoms with Crippen LogP contribution in [0.3, 0.4) is 0 Å². The molecule has 0 aliphatic rings. The number of nitrogens with one attached hydrogen (secondary N) is 1. The van der Waals surface area contributed by atoms with Crippen LogP contribution in [0.4, 0.5) is 0 Å². The molecule has 0 fully saturated rings. The minimum atomic E-state index is 0.750. The Morgan fingerprint density at radius 2 is 1.67 bits per heavy atom. The molecule has 3 N–H and O–H groups in total. The molecule has 0 aliphatic carbocycles. The van der Waals surface area contributed by atoms with Gasteiger partial charge in [-0.3, -0.25) is 5.41 Å². The summed E-state index contributed by atoms with van der Waals surface area (Å²) in [6.07, 6.45) is 0.750. The standard InChI is InChI=1S/C2H6O.CH4N2/c1-3-2;2-1-3/h1-2H3;1H,(H3,2,3). The van der Waals surface area contributed by atoms with Gasteiger partial charge in [-0.25, -0.2) is 0 Å². The fourth-order valence-electron chi connectivity index (χ4n) is 0. The Morgan fingerprint density at radius 3 is 1.67 bits per heavy atom. The third kappa shape index (κ3) is 62.3. The van der Waals surface area contributed by atoms with Crippen molar-refractivity contribution in [1.29, 1.82) is 5.41 Å². The van der Waals surface area contributed by atoms with Crippen LogP contribution in [0.25, 0.3) is 0 Å². The molecule has 38 valence electrons. The third-order valence-corrected chi connectivity index (χ3v) is 0. The average molecular weight is 90.1 g/mol. The zero-order valence-electron chi connectivity index (χ0n) is 4.06. The van der Waals surface area contributed by atoms with Gasteiger partial charge in [0.25, 0.3) is 0 Å². The highest BCUT2D eigenvalue weighted by Crippen LogP contribution is 1.28. The van der Waals surface area contributed by atoms with Crippen LogP contribution in [0.5, 0.6) is 0 Å². The topological polar surface area (TPSA) is 59.1 Å². The molecule has 0 amide bonds. The van der Waals surface area contributed by atoms with E-state index in [2.05, 4.69) is 10.5 Å². The van der Waals surface area contributed by atoms with Gasteiger partial charge in [-0.05, 0) is 0 Å². The number of hydrogen-bond donors (Lipinski definition) is 2. The molecule has 0 rings (SSSR count). The monoisotopic (exact) mass is 90.1 g/mol. The predicted octanol–water partition coefficient (Wildman–Crippen LogP) is -0.185. The Balaban J connectivity index is 0. The molecule has 0 aromatic carbocycles. The first-order chi connectivity index (χ1) is 2.83. The zero-order chi connectivity index (χ0) is 5.41. The molecule has 0 saturated heterocycles. The summed E-state index contributed by atoms with van der Waals surface area (Å²) in [5.74, 6) is 0. The van der Waals surface area contributed by atoms with Crippen molar-refractivity contribution in [1.82, 2.24) is 0 Å². The normalized spacial score (nSPS) is 5.00. The zero-order valence-corrected chi connectivity index (χ0v) is 4.06. The van der Waals surface area contributed by atoms with Crippen LogP contribution in [0.1, 0.15) is 0 Å². The molecule has 0 spiro atoms. The van der Waals surface area contributed by atoms with Gasteiger partial charge in [0.1, 0.15) is 0 Å². The maximum atomic E-state index is 5.86. The molecule has 0 atom stereocenters. The van der Waals surface area contributed by atoms with Crippen LogP contribution >= 0.6 is 0 Å². The molecule has 3 heteroatoms. The Hall–Kier alpha value is -0.570. The predicted molar refractivity (Wildman–Crippen MR) is 25.9 cm³/mol. The van der Waals surface area contributed by atoms with Crippen LogP contribution < -0.4 is 5.73 Å². The van der Waals surface area contributed by atoms with Gasteiger partial charge in [-0.1, -0.05) is 0 Å². The van der Waals surface area contributed by atoms with Crippen molar-refractivity contribution < 1.29 is 4.74 Å². The first kappa shape index (κ1) is 9.06. The lowest BCUT2D eigenvalue weighted by Crippen LogP contribution is -1.81. The Labute approximate surface area is 37.6 Å². The highest BCUT2D eigenvalue weighted by Gasteiger charge is 1.25.